The average molecular weight is 273 g/mol. The van der Waals surface area contributed by atoms with Gasteiger partial charge in [0.25, 0.3) is 0 Å². The summed E-state index contributed by atoms with van der Waals surface area (Å²) in [6.07, 6.45) is 2.93. The summed E-state index contributed by atoms with van der Waals surface area (Å²) >= 11 is 0. The highest BCUT2D eigenvalue weighted by molar-refractivity contribution is 5.77. The summed E-state index contributed by atoms with van der Waals surface area (Å²) in [5.74, 6) is 1.34. The molecule has 2 aromatic rings. The first-order valence-electron chi connectivity index (χ1n) is 7.12. The summed E-state index contributed by atoms with van der Waals surface area (Å²) < 4.78 is 11.1. The maximum Gasteiger partial charge on any atom is 0.336 e. The number of hydrogen-bond acceptors (Lipinski definition) is 3. The van der Waals surface area contributed by atoms with Crippen molar-refractivity contribution in [2.75, 3.05) is 0 Å². The number of ether oxygens (including phenoxy) is 1. The fraction of sp³-hybridized carbons (Fsp3) is 0.412. The summed E-state index contributed by atoms with van der Waals surface area (Å²) in [4.78, 5) is 11.2. The van der Waals surface area contributed by atoms with Crippen LogP contribution in [0.3, 0.4) is 0 Å². The number of hydrogen-bond donors (Lipinski definition) is 0. The monoisotopic (exact) mass is 273 g/mol. The van der Waals surface area contributed by atoms with E-state index in [0.717, 1.165) is 30.4 Å². The van der Waals surface area contributed by atoms with Crippen molar-refractivity contribution in [2.45, 2.75) is 39.2 Å². The van der Waals surface area contributed by atoms with Gasteiger partial charge in [0.15, 0.2) is 0 Å². The van der Waals surface area contributed by atoms with Crippen LogP contribution in [0, 0.1) is 12.8 Å². The first kappa shape index (κ1) is 14.5. The van der Waals surface area contributed by atoms with Gasteiger partial charge < -0.3 is 9.15 Å². The Bertz CT molecular complexity index is 615. The fourth-order valence-corrected chi connectivity index (χ4v) is 2.15. The highest BCUT2D eigenvalue weighted by Crippen LogP contribution is 2.23. The molecule has 0 aliphatic heterocycles. The zero-order valence-corrected chi connectivity index (χ0v) is 12.1. The van der Waals surface area contributed by atoms with Crippen LogP contribution < -0.4 is 10.4 Å². The van der Waals surface area contributed by atoms with Gasteiger partial charge in [-0.15, -0.1) is 0 Å². The van der Waals surface area contributed by atoms with E-state index in [1.807, 2.05) is 12.1 Å². The maximum atomic E-state index is 11.2. The van der Waals surface area contributed by atoms with E-state index in [1.54, 1.807) is 12.1 Å². The van der Waals surface area contributed by atoms with E-state index in [0.29, 0.717) is 11.5 Å². The van der Waals surface area contributed by atoms with E-state index >= 15 is 0 Å². The molecule has 0 bridgehead atoms. The normalized spacial score (nSPS) is 14.1. The molecule has 0 aliphatic carbocycles. The van der Waals surface area contributed by atoms with Crippen LogP contribution in [-0.2, 0) is 0 Å². The van der Waals surface area contributed by atoms with E-state index in [-0.39, 0.29) is 11.7 Å². The third kappa shape index (κ3) is 3.56. The molecule has 106 valence electrons. The van der Waals surface area contributed by atoms with Crippen molar-refractivity contribution in [1.29, 1.82) is 0 Å². The SMILES string of the molecule is [CH2+]CC(CC(C)CC)Oc1ccc2ccc(=O)oc2c1. The Morgan fingerprint density at radius 1 is 1.30 bits per heavy atom. The average Bonchev–Trinajstić information content (AvgIpc) is 2.45. The van der Waals surface area contributed by atoms with Gasteiger partial charge in [0.2, 0.25) is 0 Å². The Hall–Kier alpha value is -1.90. The van der Waals surface area contributed by atoms with Crippen molar-refractivity contribution in [2.24, 2.45) is 5.92 Å². The molecule has 20 heavy (non-hydrogen) atoms. The highest BCUT2D eigenvalue weighted by atomic mass is 16.5. The van der Waals surface area contributed by atoms with Crippen LogP contribution >= 0.6 is 0 Å². The van der Waals surface area contributed by atoms with Gasteiger partial charge in [-0.25, -0.2) is 4.79 Å². The quantitative estimate of drug-likeness (QED) is 0.585. The van der Waals surface area contributed by atoms with E-state index in [4.69, 9.17) is 9.15 Å². The van der Waals surface area contributed by atoms with E-state index in [9.17, 15) is 4.79 Å². The maximum absolute atomic E-state index is 11.2. The smallest absolute Gasteiger partial charge is 0.336 e. The summed E-state index contributed by atoms with van der Waals surface area (Å²) in [5.41, 5.74) is 0.212. The molecule has 0 radical (unpaired) electrons. The molecular weight excluding hydrogens is 252 g/mol. The van der Waals surface area contributed by atoms with Crippen molar-refractivity contribution >= 4 is 11.0 Å². The van der Waals surface area contributed by atoms with Gasteiger partial charge in [0, 0.05) is 17.5 Å². The zero-order valence-electron chi connectivity index (χ0n) is 12.1. The largest absolute Gasteiger partial charge is 0.486 e. The molecule has 2 unspecified atom stereocenters. The van der Waals surface area contributed by atoms with Crippen molar-refractivity contribution in [3.63, 3.8) is 0 Å². The van der Waals surface area contributed by atoms with Gasteiger partial charge >= 0.3 is 5.63 Å². The molecule has 2 atom stereocenters. The summed E-state index contributed by atoms with van der Waals surface area (Å²) in [7, 11) is 0. The molecule has 1 heterocycles. The molecule has 1 aromatic carbocycles. The fourth-order valence-electron chi connectivity index (χ4n) is 2.15. The van der Waals surface area contributed by atoms with Crippen LogP contribution in [0.1, 0.15) is 33.1 Å². The van der Waals surface area contributed by atoms with Crippen LogP contribution in [0.15, 0.2) is 39.5 Å². The predicted octanol–water partition coefficient (Wildman–Crippen LogP) is 4.20. The molecule has 2 rings (SSSR count). The first-order valence-corrected chi connectivity index (χ1v) is 7.12. The standard InChI is InChI=1S/C17H21O3/c1-4-12(3)10-14(5-2)19-15-8-6-13-7-9-17(18)20-16(13)11-15/h6-9,11-12,14H,2,4-5,10H2,1,3H3/q+1. The second-order valence-corrected chi connectivity index (χ2v) is 5.23. The lowest BCUT2D eigenvalue weighted by molar-refractivity contribution is 0.172. The predicted molar refractivity (Wildman–Crippen MR) is 80.9 cm³/mol. The van der Waals surface area contributed by atoms with Crippen molar-refractivity contribution in [3.8, 4) is 5.75 Å². The lowest BCUT2D eigenvalue weighted by Crippen LogP contribution is -2.18. The third-order valence-corrected chi connectivity index (χ3v) is 3.58. The van der Waals surface area contributed by atoms with Crippen molar-refractivity contribution in [1.82, 2.24) is 0 Å². The van der Waals surface area contributed by atoms with Gasteiger partial charge in [-0.1, -0.05) is 20.3 Å². The van der Waals surface area contributed by atoms with Crippen molar-refractivity contribution < 1.29 is 9.15 Å². The van der Waals surface area contributed by atoms with Gasteiger partial charge in [-0.2, -0.15) is 0 Å². The van der Waals surface area contributed by atoms with Gasteiger partial charge in [-0.05, 0) is 30.5 Å². The molecule has 3 heteroatoms. The van der Waals surface area contributed by atoms with E-state index in [1.165, 1.54) is 6.07 Å². The van der Waals surface area contributed by atoms with E-state index < -0.39 is 0 Å². The Balaban J connectivity index is 2.17. The molecule has 0 saturated carbocycles. The Morgan fingerprint density at radius 2 is 2.05 bits per heavy atom. The third-order valence-electron chi connectivity index (χ3n) is 3.58. The van der Waals surface area contributed by atoms with Gasteiger partial charge in [0.05, 0.1) is 6.92 Å². The van der Waals surface area contributed by atoms with Crippen molar-refractivity contribution in [3.05, 3.63) is 47.7 Å². The topological polar surface area (TPSA) is 39.4 Å². The minimum Gasteiger partial charge on any atom is -0.486 e. The Kier molecular flexibility index (Phi) is 4.72. The zero-order chi connectivity index (χ0) is 14.5. The second-order valence-electron chi connectivity index (χ2n) is 5.23. The van der Waals surface area contributed by atoms with Crippen LogP contribution in [-0.4, -0.2) is 6.10 Å². The Morgan fingerprint density at radius 3 is 2.75 bits per heavy atom. The van der Waals surface area contributed by atoms with Gasteiger partial charge in [-0.3, -0.25) is 0 Å². The summed E-state index contributed by atoms with van der Waals surface area (Å²) in [6, 6.07) is 8.75. The minimum absolute atomic E-state index is 0.0952. The molecule has 0 aliphatic rings. The molecule has 0 saturated heterocycles. The van der Waals surface area contributed by atoms with Crippen LogP contribution in [0.25, 0.3) is 11.0 Å². The second kappa shape index (κ2) is 6.51. The minimum atomic E-state index is -0.344. The molecule has 0 amide bonds. The van der Waals surface area contributed by atoms with Crippen LogP contribution in [0.5, 0.6) is 5.75 Å². The summed E-state index contributed by atoms with van der Waals surface area (Å²) in [5, 5.41) is 0.894. The number of fused-ring (bicyclic) bond motifs is 1. The molecule has 1 aromatic heterocycles. The highest BCUT2D eigenvalue weighted by Gasteiger charge is 2.15. The molecule has 0 N–H and O–H groups in total. The van der Waals surface area contributed by atoms with Gasteiger partial charge in [0.1, 0.15) is 23.9 Å². The lowest BCUT2D eigenvalue weighted by atomic mass is 9.99. The first-order chi connectivity index (χ1) is 9.62. The number of benzene rings is 1. The lowest BCUT2D eigenvalue weighted by Gasteiger charge is -2.18. The molecule has 0 spiro atoms. The Labute approximate surface area is 119 Å². The summed E-state index contributed by atoms with van der Waals surface area (Å²) in [6.45, 7) is 8.34. The van der Waals surface area contributed by atoms with Crippen LogP contribution in [0.2, 0.25) is 0 Å². The molecular formula is C17H21O3+. The van der Waals surface area contributed by atoms with E-state index in [2.05, 4.69) is 20.8 Å². The molecule has 0 fully saturated rings. The van der Waals surface area contributed by atoms with Crippen LogP contribution in [0.4, 0.5) is 0 Å². The molecule has 3 nitrogen and oxygen atoms in total. The number of rotatable bonds is 6.